The van der Waals surface area contributed by atoms with E-state index in [2.05, 4.69) is 22.3 Å². The zero-order chi connectivity index (χ0) is 23.6. The Morgan fingerprint density at radius 1 is 1.00 bits per heavy atom. The van der Waals surface area contributed by atoms with Gasteiger partial charge in [0.05, 0.1) is 18.6 Å². The van der Waals surface area contributed by atoms with Crippen molar-refractivity contribution in [3.8, 4) is 5.75 Å². The van der Waals surface area contributed by atoms with E-state index >= 15 is 0 Å². The summed E-state index contributed by atoms with van der Waals surface area (Å²) in [6.45, 7) is 3.95. The van der Waals surface area contributed by atoms with Gasteiger partial charge in [-0.05, 0) is 61.9 Å². The van der Waals surface area contributed by atoms with Crippen molar-refractivity contribution in [2.45, 2.75) is 50.5 Å². The molecule has 0 fully saturated rings. The number of methoxy groups -OCH3 is 1. The third-order valence-electron chi connectivity index (χ3n) is 4.83. The van der Waals surface area contributed by atoms with Crippen molar-refractivity contribution in [1.29, 1.82) is 0 Å². The Bertz CT molecular complexity index is 989. The molecule has 9 heteroatoms. The number of nitrogens with one attached hydrogen (secondary N) is 3. The van der Waals surface area contributed by atoms with Gasteiger partial charge in [0, 0.05) is 17.3 Å². The van der Waals surface area contributed by atoms with Gasteiger partial charge in [-0.15, -0.1) is 0 Å². The Labute approximate surface area is 189 Å². The highest BCUT2D eigenvalue weighted by Crippen LogP contribution is 2.19. The van der Waals surface area contributed by atoms with Crippen LogP contribution in [0, 0.1) is 0 Å². The van der Waals surface area contributed by atoms with Crippen molar-refractivity contribution in [2.24, 2.45) is 0 Å². The van der Waals surface area contributed by atoms with Crippen molar-refractivity contribution < 1.29 is 22.7 Å². The highest BCUT2D eigenvalue weighted by molar-refractivity contribution is 7.92. The molecule has 32 heavy (non-hydrogen) atoms. The Morgan fingerprint density at radius 3 is 2.25 bits per heavy atom. The van der Waals surface area contributed by atoms with Crippen LogP contribution in [0.25, 0.3) is 0 Å². The predicted octanol–water partition coefficient (Wildman–Crippen LogP) is 3.31. The smallest absolute Gasteiger partial charge is 0.261 e. The Balaban J connectivity index is 1.87. The topological polar surface area (TPSA) is 114 Å². The number of unbranched alkanes of at least 4 members (excludes halogenated alkanes) is 2. The first-order chi connectivity index (χ1) is 15.2. The highest BCUT2D eigenvalue weighted by Gasteiger charge is 2.15. The summed E-state index contributed by atoms with van der Waals surface area (Å²) in [5, 5.41) is 5.44. The van der Waals surface area contributed by atoms with E-state index in [1.54, 1.807) is 12.1 Å². The van der Waals surface area contributed by atoms with Crippen molar-refractivity contribution in [3.05, 3.63) is 54.1 Å². The molecular weight excluding hydrogens is 430 g/mol. The van der Waals surface area contributed by atoms with E-state index in [4.69, 9.17) is 4.74 Å². The quantitative estimate of drug-likeness (QED) is 0.420. The maximum absolute atomic E-state index is 12.5. The average Bonchev–Trinajstić information content (AvgIpc) is 2.78. The Kier molecular flexibility index (Phi) is 9.52. The molecule has 2 amide bonds. The van der Waals surface area contributed by atoms with Crippen LogP contribution in [0.4, 0.5) is 5.69 Å². The van der Waals surface area contributed by atoms with Crippen LogP contribution in [-0.4, -0.2) is 39.9 Å². The van der Waals surface area contributed by atoms with Crippen molar-refractivity contribution in [3.63, 3.8) is 0 Å². The molecule has 0 saturated carbocycles. The molecule has 0 bridgehead atoms. The second kappa shape index (κ2) is 12.1. The first kappa shape index (κ1) is 25.2. The molecule has 1 atom stereocenters. The molecule has 3 N–H and O–H groups in total. The second-order valence-electron chi connectivity index (χ2n) is 7.51. The maximum Gasteiger partial charge on any atom is 0.261 e. The summed E-state index contributed by atoms with van der Waals surface area (Å²) in [5.41, 5.74) is 0.636. The van der Waals surface area contributed by atoms with Crippen LogP contribution in [0.2, 0.25) is 0 Å². The third kappa shape index (κ3) is 7.88. The van der Waals surface area contributed by atoms with E-state index in [1.807, 2.05) is 6.92 Å². The van der Waals surface area contributed by atoms with Gasteiger partial charge >= 0.3 is 0 Å². The van der Waals surface area contributed by atoms with Crippen LogP contribution < -0.4 is 20.1 Å². The van der Waals surface area contributed by atoms with E-state index < -0.39 is 15.9 Å². The average molecular weight is 462 g/mol. The first-order valence-corrected chi connectivity index (χ1v) is 12.1. The van der Waals surface area contributed by atoms with E-state index in [9.17, 15) is 18.0 Å². The minimum atomic E-state index is -3.77. The molecular formula is C23H31N3O5S. The molecule has 0 spiro atoms. The molecule has 1 unspecified atom stereocenters. The number of benzene rings is 2. The van der Waals surface area contributed by atoms with Gasteiger partial charge in [0.1, 0.15) is 5.75 Å². The number of hydrogen-bond acceptors (Lipinski definition) is 5. The SMILES string of the molecule is CCCCCC(C)NC(=O)CNC(=O)c1ccc(NS(=O)(=O)c2ccc(OC)cc2)cc1. The molecule has 174 valence electrons. The molecule has 2 aromatic rings. The lowest BCUT2D eigenvalue weighted by Crippen LogP contribution is -2.40. The molecule has 2 aromatic carbocycles. The van der Waals surface area contributed by atoms with E-state index in [0.29, 0.717) is 17.0 Å². The van der Waals surface area contributed by atoms with E-state index in [0.717, 1.165) is 25.7 Å². The lowest BCUT2D eigenvalue weighted by atomic mass is 10.1. The van der Waals surface area contributed by atoms with Crippen molar-refractivity contribution >= 4 is 27.5 Å². The minimum absolute atomic E-state index is 0.0592. The van der Waals surface area contributed by atoms with Gasteiger partial charge in [0.15, 0.2) is 0 Å². The zero-order valence-electron chi connectivity index (χ0n) is 18.7. The molecule has 2 rings (SSSR count). The van der Waals surface area contributed by atoms with E-state index in [-0.39, 0.29) is 23.4 Å². The number of carbonyl (C=O) groups excluding carboxylic acids is 2. The predicted molar refractivity (Wildman–Crippen MR) is 124 cm³/mol. The summed E-state index contributed by atoms with van der Waals surface area (Å²) in [6, 6.07) is 12.0. The summed E-state index contributed by atoms with van der Waals surface area (Å²) < 4.78 is 32.5. The van der Waals surface area contributed by atoms with Crippen LogP contribution >= 0.6 is 0 Å². The highest BCUT2D eigenvalue weighted by atomic mass is 32.2. The van der Waals surface area contributed by atoms with Crippen molar-refractivity contribution in [1.82, 2.24) is 10.6 Å². The summed E-state index contributed by atoms with van der Waals surface area (Å²) >= 11 is 0. The molecule has 0 saturated heterocycles. The number of anilines is 1. The van der Waals surface area contributed by atoms with Gasteiger partial charge in [-0.2, -0.15) is 0 Å². The molecule has 0 aliphatic heterocycles. The van der Waals surface area contributed by atoms with Crippen LogP contribution in [0.5, 0.6) is 5.75 Å². The molecule has 0 radical (unpaired) electrons. The van der Waals surface area contributed by atoms with Crippen LogP contribution in [-0.2, 0) is 14.8 Å². The number of carbonyl (C=O) groups is 2. The van der Waals surface area contributed by atoms with Crippen LogP contribution in [0.15, 0.2) is 53.4 Å². The van der Waals surface area contributed by atoms with Gasteiger partial charge in [0.2, 0.25) is 5.91 Å². The number of rotatable bonds is 12. The summed E-state index contributed by atoms with van der Waals surface area (Å²) in [5.74, 6) is -0.103. The lowest BCUT2D eigenvalue weighted by molar-refractivity contribution is -0.120. The number of ether oxygens (including phenoxy) is 1. The molecule has 0 aromatic heterocycles. The lowest BCUT2D eigenvalue weighted by Gasteiger charge is -2.14. The number of hydrogen-bond donors (Lipinski definition) is 3. The molecule has 8 nitrogen and oxygen atoms in total. The fourth-order valence-electron chi connectivity index (χ4n) is 3.02. The number of amides is 2. The zero-order valence-corrected chi connectivity index (χ0v) is 19.5. The molecule has 0 aliphatic carbocycles. The van der Waals surface area contributed by atoms with Gasteiger partial charge in [0.25, 0.3) is 15.9 Å². The maximum atomic E-state index is 12.5. The normalized spacial score (nSPS) is 12.0. The number of sulfonamides is 1. The summed E-state index contributed by atoms with van der Waals surface area (Å²) in [7, 11) is -2.27. The molecule has 0 aliphatic rings. The van der Waals surface area contributed by atoms with Crippen LogP contribution in [0.1, 0.15) is 49.9 Å². The van der Waals surface area contributed by atoms with Gasteiger partial charge in [-0.1, -0.05) is 26.2 Å². The monoisotopic (exact) mass is 461 g/mol. The first-order valence-electron chi connectivity index (χ1n) is 10.6. The van der Waals surface area contributed by atoms with Crippen LogP contribution in [0.3, 0.4) is 0 Å². The minimum Gasteiger partial charge on any atom is -0.497 e. The Hall–Kier alpha value is -3.07. The van der Waals surface area contributed by atoms with Gasteiger partial charge < -0.3 is 15.4 Å². The molecule has 0 heterocycles. The fourth-order valence-corrected chi connectivity index (χ4v) is 4.08. The summed E-state index contributed by atoms with van der Waals surface area (Å²) in [6.07, 6.45) is 4.21. The second-order valence-corrected chi connectivity index (χ2v) is 9.19. The summed E-state index contributed by atoms with van der Waals surface area (Å²) in [4.78, 5) is 24.4. The van der Waals surface area contributed by atoms with Gasteiger partial charge in [-0.3, -0.25) is 14.3 Å². The largest absolute Gasteiger partial charge is 0.497 e. The van der Waals surface area contributed by atoms with Crippen molar-refractivity contribution in [2.75, 3.05) is 18.4 Å². The third-order valence-corrected chi connectivity index (χ3v) is 6.22. The van der Waals surface area contributed by atoms with Gasteiger partial charge in [-0.25, -0.2) is 8.42 Å². The Morgan fingerprint density at radius 2 is 1.66 bits per heavy atom. The fraction of sp³-hybridized carbons (Fsp3) is 0.391. The standard InChI is InChI=1S/C23H31N3O5S/c1-4-5-6-7-17(2)25-22(27)16-24-23(28)18-8-10-19(11-9-18)26-32(29,30)21-14-12-20(31-3)13-15-21/h8-15,17,26H,4-7,16H2,1-3H3,(H,24,28)(H,25,27). The van der Waals surface area contributed by atoms with E-state index in [1.165, 1.54) is 43.5 Å².